The predicted octanol–water partition coefficient (Wildman–Crippen LogP) is 3.50. The summed E-state index contributed by atoms with van der Waals surface area (Å²) < 4.78 is 41.1. The van der Waals surface area contributed by atoms with Crippen LogP contribution in [-0.2, 0) is 16.6 Å². The summed E-state index contributed by atoms with van der Waals surface area (Å²) in [5.41, 5.74) is 0.682. The van der Waals surface area contributed by atoms with Gasteiger partial charge in [0, 0.05) is 23.5 Å². The Labute approximate surface area is 167 Å². The van der Waals surface area contributed by atoms with Gasteiger partial charge >= 0.3 is 0 Å². The van der Waals surface area contributed by atoms with Crippen LogP contribution in [-0.4, -0.2) is 31.5 Å². The number of nitrogens with zero attached hydrogens (tertiary/aromatic N) is 3. The molecule has 2 aromatic carbocycles. The fourth-order valence-electron chi connectivity index (χ4n) is 3.28. The fourth-order valence-corrected chi connectivity index (χ4v) is 4.51. The van der Waals surface area contributed by atoms with Gasteiger partial charge in [-0.2, -0.15) is 0 Å². The summed E-state index contributed by atoms with van der Waals surface area (Å²) in [6.45, 7) is 1.61. The Morgan fingerprint density at radius 2 is 1.86 bits per heavy atom. The minimum Gasteiger partial charge on any atom is -0.356 e. The number of fused-ring (bicyclic) bond motifs is 1. The van der Waals surface area contributed by atoms with Gasteiger partial charge in [-0.3, -0.25) is 0 Å². The van der Waals surface area contributed by atoms with E-state index in [0.717, 1.165) is 43.2 Å². The molecule has 0 atom stereocenters. The molecule has 1 aliphatic heterocycles. The molecule has 0 saturated carbocycles. The molecule has 1 aliphatic rings. The van der Waals surface area contributed by atoms with Crippen LogP contribution in [0.2, 0.25) is 5.02 Å². The largest absolute Gasteiger partial charge is 0.356 e. The van der Waals surface area contributed by atoms with Crippen molar-refractivity contribution in [3.8, 4) is 0 Å². The topological polar surface area (TPSA) is 75.2 Å². The minimum absolute atomic E-state index is 0.143. The van der Waals surface area contributed by atoms with Gasteiger partial charge in [-0.15, -0.1) is 0 Å². The van der Waals surface area contributed by atoms with Crippen molar-refractivity contribution in [2.75, 3.05) is 18.0 Å². The maximum absolute atomic E-state index is 13.9. The third kappa shape index (κ3) is 3.80. The summed E-state index contributed by atoms with van der Waals surface area (Å²) in [7, 11) is -4.02. The Morgan fingerprint density at radius 1 is 1.11 bits per heavy atom. The van der Waals surface area contributed by atoms with Crippen molar-refractivity contribution in [3.05, 3.63) is 59.1 Å². The van der Waals surface area contributed by atoms with E-state index in [1.165, 1.54) is 18.2 Å². The molecule has 0 unspecified atom stereocenters. The lowest BCUT2D eigenvalue weighted by Crippen LogP contribution is -2.26. The van der Waals surface area contributed by atoms with Gasteiger partial charge in [-0.25, -0.2) is 27.5 Å². The monoisotopic (exact) mass is 420 g/mol. The second kappa shape index (κ2) is 7.62. The van der Waals surface area contributed by atoms with Crippen LogP contribution in [0.1, 0.15) is 18.7 Å². The maximum atomic E-state index is 13.9. The Morgan fingerprint density at radius 3 is 2.61 bits per heavy atom. The highest BCUT2D eigenvalue weighted by molar-refractivity contribution is 7.89. The molecule has 0 radical (unpaired) electrons. The normalized spacial score (nSPS) is 14.7. The number of anilines is 1. The molecule has 0 aliphatic carbocycles. The second-order valence-electron chi connectivity index (χ2n) is 6.57. The zero-order valence-electron chi connectivity index (χ0n) is 14.9. The Kier molecular flexibility index (Phi) is 5.18. The summed E-state index contributed by atoms with van der Waals surface area (Å²) >= 11 is 6.14. The Balaban J connectivity index is 1.67. The van der Waals surface area contributed by atoms with E-state index >= 15 is 0 Å². The molecule has 1 N–H and O–H groups in total. The quantitative estimate of drug-likeness (QED) is 0.683. The van der Waals surface area contributed by atoms with Crippen LogP contribution >= 0.6 is 11.6 Å². The average molecular weight is 421 g/mol. The standard InChI is InChI=1S/C19H18ClFN4O2S/c20-13-7-8-16-14(11-13)19(25-9-3-4-10-25)24-18(23-16)12-22-28(26,27)17-6-2-1-5-15(17)21/h1-2,5-8,11,22H,3-4,9-10,12H2. The van der Waals surface area contributed by atoms with Crippen LogP contribution in [0.15, 0.2) is 47.4 Å². The van der Waals surface area contributed by atoms with Crippen molar-refractivity contribution in [2.45, 2.75) is 24.3 Å². The number of halogens is 2. The molecule has 2 heterocycles. The van der Waals surface area contributed by atoms with Crippen molar-refractivity contribution in [1.82, 2.24) is 14.7 Å². The molecule has 3 aromatic rings. The maximum Gasteiger partial charge on any atom is 0.243 e. The number of rotatable bonds is 5. The van der Waals surface area contributed by atoms with E-state index in [1.54, 1.807) is 12.1 Å². The first-order chi connectivity index (χ1) is 13.4. The third-order valence-corrected chi connectivity index (χ3v) is 6.31. The molecule has 146 valence electrons. The second-order valence-corrected chi connectivity index (χ2v) is 8.75. The van der Waals surface area contributed by atoms with Crippen molar-refractivity contribution in [1.29, 1.82) is 0 Å². The minimum atomic E-state index is -4.02. The van der Waals surface area contributed by atoms with Gasteiger partial charge in [0.15, 0.2) is 0 Å². The van der Waals surface area contributed by atoms with Crippen LogP contribution in [0.5, 0.6) is 0 Å². The van der Waals surface area contributed by atoms with Gasteiger partial charge in [0.2, 0.25) is 10.0 Å². The molecule has 1 fully saturated rings. The first kappa shape index (κ1) is 19.0. The van der Waals surface area contributed by atoms with Crippen molar-refractivity contribution < 1.29 is 12.8 Å². The molecule has 4 rings (SSSR count). The van der Waals surface area contributed by atoms with E-state index in [-0.39, 0.29) is 6.54 Å². The summed E-state index contributed by atoms with van der Waals surface area (Å²) in [6, 6.07) is 10.6. The third-order valence-electron chi connectivity index (χ3n) is 4.64. The van der Waals surface area contributed by atoms with Gasteiger partial charge in [0.25, 0.3) is 0 Å². The summed E-state index contributed by atoms with van der Waals surface area (Å²) in [5.74, 6) is 0.253. The molecule has 0 spiro atoms. The molecule has 1 saturated heterocycles. The highest BCUT2D eigenvalue weighted by Gasteiger charge is 2.21. The van der Waals surface area contributed by atoms with Crippen molar-refractivity contribution in [2.24, 2.45) is 0 Å². The lowest BCUT2D eigenvalue weighted by Gasteiger charge is -2.19. The lowest BCUT2D eigenvalue weighted by atomic mass is 10.2. The number of sulfonamides is 1. The van der Waals surface area contributed by atoms with Gasteiger partial charge in [-0.05, 0) is 43.2 Å². The van der Waals surface area contributed by atoms with Gasteiger partial charge in [0.1, 0.15) is 22.4 Å². The van der Waals surface area contributed by atoms with E-state index in [2.05, 4.69) is 19.6 Å². The molecule has 1 aromatic heterocycles. The van der Waals surface area contributed by atoms with Gasteiger partial charge in [0.05, 0.1) is 12.1 Å². The SMILES string of the molecule is O=S(=O)(NCc1nc(N2CCCC2)c2cc(Cl)ccc2n1)c1ccccc1F. The zero-order valence-corrected chi connectivity index (χ0v) is 16.5. The van der Waals surface area contributed by atoms with E-state index in [0.29, 0.717) is 16.4 Å². The summed E-state index contributed by atoms with van der Waals surface area (Å²) in [5, 5.41) is 1.42. The first-order valence-corrected chi connectivity index (χ1v) is 10.8. The highest BCUT2D eigenvalue weighted by Crippen LogP contribution is 2.29. The Hall–Kier alpha value is -2.29. The number of aromatic nitrogens is 2. The smallest absolute Gasteiger partial charge is 0.243 e. The van der Waals surface area contributed by atoms with Crippen LogP contribution in [0, 0.1) is 5.82 Å². The fraction of sp³-hybridized carbons (Fsp3) is 0.263. The summed E-state index contributed by atoms with van der Waals surface area (Å²) in [6.07, 6.45) is 2.14. The zero-order chi connectivity index (χ0) is 19.7. The number of nitrogens with one attached hydrogen (secondary N) is 1. The average Bonchev–Trinajstić information content (AvgIpc) is 3.21. The lowest BCUT2D eigenvalue weighted by molar-refractivity contribution is 0.555. The van der Waals surface area contributed by atoms with Crippen LogP contribution in [0.4, 0.5) is 10.2 Å². The van der Waals surface area contributed by atoms with E-state index < -0.39 is 20.7 Å². The molecule has 6 nitrogen and oxygen atoms in total. The van der Waals surface area contributed by atoms with E-state index in [1.807, 2.05) is 6.07 Å². The summed E-state index contributed by atoms with van der Waals surface area (Å²) in [4.78, 5) is 10.8. The number of hydrogen-bond donors (Lipinski definition) is 1. The van der Waals surface area contributed by atoms with Crippen LogP contribution in [0.25, 0.3) is 10.9 Å². The molecule has 28 heavy (non-hydrogen) atoms. The van der Waals surface area contributed by atoms with Crippen molar-refractivity contribution in [3.63, 3.8) is 0 Å². The number of hydrogen-bond acceptors (Lipinski definition) is 5. The van der Waals surface area contributed by atoms with Crippen LogP contribution < -0.4 is 9.62 Å². The van der Waals surface area contributed by atoms with Gasteiger partial charge in [-0.1, -0.05) is 23.7 Å². The Bertz CT molecular complexity index is 1130. The molecule has 0 amide bonds. The van der Waals surface area contributed by atoms with E-state index in [9.17, 15) is 12.8 Å². The van der Waals surface area contributed by atoms with Crippen molar-refractivity contribution >= 4 is 38.3 Å². The predicted molar refractivity (Wildman–Crippen MR) is 106 cm³/mol. The molecule has 9 heteroatoms. The van der Waals surface area contributed by atoms with Crippen LogP contribution in [0.3, 0.4) is 0 Å². The number of benzene rings is 2. The molecular formula is C19H18ClFN4O2S. The molecular weight excluding hydrogens is 403 g/mol. The van der Waals surface area contributed by atoms with E-state index in [4.69, 9.17) is 11.6 Å². The molecule has 0 bridgehead atoms. The van der Waals surface area contributed by atoms with Gasteiger partial charge < -0.3 is 4.90 Å². The first-order valence-electron chi connectivity index (χ1n) is 8.89. The highest BCUT2D eigenvalue weighted by atomic mass is 35.5.